The number of nitrogens with zero attached hydrogens (tertiary/aromatic N) is 5. The van der Waals surface area contributed by atoms with Gasteiger partial charge in [-0.25, -0.2) is 19.8 Å². The van der Waals surface area contributed by atoms with Gasteiger partial charge in [-0.15, -0.1) is 0 Å². The highest BCUT2D eigenvalue weighted by molar-refractivity contribution is 7.59. The van der Waals surface area contributed by atoms with Crippen LogP contribution in [0.1, 0.15) is 65.7 Å². The van der Waals surface area contributed by atoms with Crippen molar-refractivity contribution in [3.63, 3.8) is 0 Å². The van der Waals surface area contributed by atoms with Gasteiger partial charge in [0.15, 0.2) is 0 Å². The fourth-order valence-corrected chi connectivity index (χ4v) is 7.33. The Balaban J connectivity index is 0.00000224. The third-order valence-electron chi connectivity index (χ3n) is 10.7. The Hall–Kier alpha value is -4.34. The largest absolute Gasteiger partial charge is 0.453 e. The molecule has 15 heteroatoms. The van der Waals surface area contributed by atoms with Crippen LogP contribution in [-0.4, -0.2) is 80.5 Å². The topological polar surface area (TPSA) is 140 Å². The molecule has 2 saturated heterocycles. The van der Waals surface area contributed by atoms with Crippen molar-refractivity contribution in [3.05, 3.63) is 66.6 Å². The zero-order valence-electron chi connectivity index (χ0n) is 32.3. The van der Waals surface area contributed by atoms with Gasteiger partial charge in [0.05, 0.1) is 36.1 Å². The molecule has 2 aliphatic rings. The number of hydrogen-bond acceptors (Lipinski definition) is 7. The van der Waals surface area contributed by atoms with Crippen molar-refractivity contribution in [3.8, 4) is 22.4 Å². The second kappa shape index (κ2) is 18.1. The molecule has 3 atom stereocenters. The Labute approximate surface area is 343 Å². The molecule has 0 unspecified atom stereocenters. The summed E-state index contributed by atoms with van der Waals surface area (Å²) in [6.07, 6.45) is 3.94. The number of hydrogen-bond donors (Lipinski definition) is 3. The van der Waals surface area contributed by atoms with Gasteiger partial charge in [-0.05, 0) is 77.3 Å². The van der Waals surface area contributed by atoms with Crippen LogP contribution in [0.2, 0.25) is 0 Å². The molecule has 55 heavy (non-hydrogen) atoms. The van der Waals surface area contributed by atoms with E-state index in [1.165, 1.54) is 7.11 Å². The zero-order valence-corrected chi connectivity index (χ0v) is 35.3. The lowest BCUT2D eigenvalue weighted by atomic mass is 9.96. The van der Waals surface area contributed by atoms with Crippen LogP contribution in [0.5, 0.6) is 0 Å². The average Bonchev–Trinajstić information content (AvgIpc) is 3.97. The molecule has 0 aliphatic carbocycles. The summed E-state index contributed by atoms with van der Waals surface area (Å²) in [5.74, 6) is 1.61. The van der Waals surface area contributed by atoms with Crippen LogP contribution in [-0.2, 0) is 14.3 Å². The second-order valence-corrected chi connectivity index (χ2v) is 14.8. The van der Waals surface area contributed by atoms with Crippen molar-refractivity contribution in [2.75, 3.05) is 31.8 Å². The van der Waals surface area contributed by atoms with E-state index < -0.39 is 12.1 Å². The maximum absolute atomic E-state index is 13.6. The van der Waals surface area contributed by atoms with Crippen LogP contribution in [0.4, 0.5) is 10.7 Å². The molecule has 0 bridgehead atoms. The van der Waals surface area contributed by atoms with Crippen LogP contribution in [0, 0.1) is 17.8 Å². The molecule has 296 valence electrons. The minimum Gasteiger partial charge on any atom is -0.453 e. The summed E-state index contributed by atoms with van der Waals surface area (Å²) >= 11 is 0. The van der Waals surface area contributed by atoms with Crippen molar-refractivity contribution in [1.82, 2.24) is 35.2 Å². The number of amides is 3. The van der Waals surface area contributed by atoms with Gasteiger partial charge >= 0.3 is 6.09 Å². The highest BCUT2D eigenvalue weighted by Gasteiger charge is 2.37. The fourth-order valence-electron chi connectivity index (χ4n) is 7.33. The number of carbonyl (C=O) groups excluding carboxylic acids is 3. The van der Waals surface area contributed by atoms with Gasteiger partial charge in [-0.1, -0.05) is 65.0 Å². The number of methoxy groups -OCH3 is 1. The Morgan fingerprint density at radius 3 is 2.16 bits per heavy atom. The van der Waals surface area contributed by atoms with E-state index >= 15 is 0 Å². The van der Waals surface area contributed by atoms with Crippen LogP contribution in [0.3, 0.4) is 0 Å². The van der Waals surface area contributed by atoms with Crippen LogP contribution < -0.4 is 10.3 Å². The van der Waals surface area contributed by atoms with E-state index in [-0.39, 0.29) is 70.2 Å². The number of imidazole rings is 2. The number of H-pyrrole nitrogens is 2. The monoisotopic (exact) mass is 806 g/mol. The summed E-state index contributed by atoms with van der Waals surface area (Å²) < 4.78 is 4.76. The van der Waals surface area contributed by atoms with Gasteiger partial charge in [0, 0.05) is 31.1 Å². The maximum atomic E-state index is 13.6. The Kier molecular flexibility index (Phi) is 14.3. The van der Waals surface area contributed by atoms with E-state index in [0.717, 1.165) is 75.8 Å². The molecule has 4 heterocycles. The quantitative estimate of drug-likeness (QED) is 0.141. The Morgan fingerprint density at radius 2 is 1.47 bits per heavy atom. The average molecular weight is 807 g/mol. The number of anilines is 1. The molecule has 0 spiro atoms. The number of rotatable bonds is 9. The first-order valence-electron chi connectivity index (χ1n) is 18.4. The fraction of sp³-hybridized carbons (Fsp3) is 0.425. The third kappa shape index (κ3) is 8.73. The van der Waals surface area contributed by atoms with Gasteiger partial charge in [0.25, 0.3) is 5.91 Å². The van der Waals surface area contributed by atoms with E-state index in [9.17, 15) is 14.4 Å². The lowest BCUT2D eigenvalue weighted by Gasteiger charge is -2.32. The molecule has 5 aromatic rings. The summed E-state index contributed by atoms with van der Waals surface area (Å²) in [6, 6.07) is 18.3. The van der Waals surface area contributed by atoms with E-state index in [1.807, 2.05) is 42.9 Å². The SMILES string of the molecule is COC(=O)N[C@H](C(=O)N1CCCN1c1nc2ccc(-c3ccc4cc(-c5cnc([C@@H]6CCCN6C(=O)[C@@H](C)C(C)C)[nH]5)ccc4c3)cc2[nH]1)C(C)C.S.S.S. The molecule has 0 radical (unpaired) electrons. The molecule has 2 fully saturated rings. The minimum absolute atomic E-state index is 0. The van der Waals surface area contributed by atoms with Crippen LogP contribution >= 0.6 is 40.5 Å². The molecule has 3 N–H and O–H groups in total. The first-order valence-corrected chi connectivity index (χ1v) is 18.4. The second-order valence-electron chi connectivity index (χ2n) is 14.8. The van der Waals surface area contributed by atoms with Gasteiger partial charge in [-0.3, -0.25) is 14.6 Å². The number of aromatic nitrogens is 4. The number of aromatic amines is 2. The molecule has 2 aromatic heterocycles. The number of nitrogens with one attached hydrogen (secondary N) is 3. The lowest BCUT2D eigenvalue weighted by Crippen LogP contribution is -2.54. The predicted octanol–water partition coefficient (Wildman–Crippen LogP) is 7.40. The number of carbonyl (C=O) groups is 3. The Morgan fingerprint density at radius 1 is 0.800 bits per heavy atom. The summed E-state index contributed by atoms with van der Waals surface area (Å²) in [7, 11) is 1.29. The van der Waals surface area contributed by atoms with E-state index in [1.54, 1.807) is 5.01 Å². The van der Waals surface area contributed by atoms with Crippen LogP contribution in [0.15, 0.2) is 60.8 Å². The van der Waals surface area contributed by atoms with E-state index in [0.29, 0.717) is 25.0 Å². The lowest BCUT2D eigenvalue weighted by molar-refractivity contribution is -0.137. The predicted molar refractivity (Wildman–Crippen MR) is 233 cm³/mol. The number of fused-ring (bicyclic) bond motifs is 2. The number of alkyl carbamates (subject to hydrolysis) is 1. The summed E-state index contributed by atoms with van der Waals surface area (Å²) in [5.41, 5.74) is 5.78. The molecule has 3 amide bonds. The smallest absolute Gasteiger partial charge is 0.407 e. The summed E-state index contributed by atoms with van der Waals surface area (Å²) in [5, 5.41) is 8.45. The molecule has 12 nitrogen and oxygen atoms in total. The highest BCUT2D eigenvalue weighted by atomic mass is 32.1. The number of likely N-dealkylation sites (tertiary alicyclic amines) is 1. The van der Waals surface area contributed by atoms with Crippen molar-refractivity contribution in [1.29, 1.82) is 0 Å². The van der Waals surface area contributed by atoms with E-state index in [2.05, 4.69) is 77.7 Å². The van der Waals surface area contributed by atoms with Crippen molar-refractivity contribution >= 4 is 86.1 Å². The summed E-state index contributed by atoms with van der Waals surface area (Å²) in [4.78, 5) is 57.3. The third-order valence-corrected chi connectivity index (χ3v) is 10.7. The molecule has 2 aliphatic heterocycles. The standard InChI is InChI=1S/C40H48N8O4.3H2S/c1-23(2)25(5)37(49)46-16-7-9-34(46)36-41-22-33(42-36)30-13-12-26-19-27(10-11-28(26)20-30)29-14-15-31-32(21-29)44-39(43-31)48-18-8-17-47(48)38(50)35(24(3)4)45-40(51)52-6;;;/h10-15,19-25,34-35H,7-9,16-18H2,1-6H3,(H,41,42)(H,43,44)(H,45,51);3*1H2/t25-,34-,35-;;;/m0.../s1. The maximum Gasteiger partial charge on any atom is 0.407 e. The van der Waals surface area contributed by atoms with Gasteiger partial charge < -0.3 is 24.9 Å². The van der Waals surface area contributed by atoms with Crippen molar-refractivity contribution < 1.29 is 19.1 Å². The van der Waals surface area contributed by atoms with Crippen LogP contribution in [0.25, 0.3) is 44.2 Å². The molecule has 7 rings (SSSR count). The van der Waals surface area contributed by atoms with E-state index in [4.69, 9.17) is 14.7 Å². The molecule has 3 aromatic carbocycles. The van der Waals surface area contributed by atoms with Gasteiger partial charge in [0.2, 0.25) is 11.9 Å². The number of hydrazine groups is 1. The van der Waals surface area contributed by atoms with Crippen molar-refractivity contribution in [2.45, 2.75) is 66.0 Å². The first kappa shape index (κ1) is 43.4. The van der Waals surface area contributed by atoms with Gasteiger partial charge in [-0.2, -0.15) is 40.5 Å². The Bertz CT molecular complexity index is 2140. The normalized spacial score (nSPS) is 16.5. The minimum atomic E-state index is -0.719. The number of ether oxygens (including phenoxy) is 1. The molecular formula is C40H54N8O4S3. The molecule has 0 saturated carbocycles. The first-order chi connectivity index (χ1) is 25.0. The van der Waals surface area contributed by atoms with Crippen molar-refractivity contribution in [2.24, 2.45) is 17.8 Å². The summed E-state index contributed by atoms with van der Waals surface area (Å²) in [6.45, 7) is 11.9. The zero-order chi connectivity index (χ0) is 36.7. The number of benzene rings is 3. The highest BCUT2D eigenvalue weighted by Crippen LogP contribution is 2.35. The van der Waals surface area contributed by atoms with Gasteiger partial charge in [0.1, 0.15) is 11.9 Å². The molecular weight excluding hydrogens is 753 g/mol.